The average molecular weight is 828 g/mol. The zero-order chi connectivity index (χ0) is 44.1. The Labute approximate surface area is 334 Å². The Bertz CT molecular complexity index is 1540. The molecule has 25 heteroatoms. The van der Waals surface area contributed by atoms with Gasteiger partial charge >= 0.3 is 5.97 Å². The number of carboxylic acids is 1. The molecule has 1 heterocycles. The lowest BCUT2D eigenvalue weighted by molar-refractivity contribution is -0.141. The third-order valence-corrected chi connectivity index (χ3v) is 8.21. The van der Waals surface area contributed by atoms with E-state index in [1.54, 1.807) is 13.8 Å². The number of nitrogens with one attached hydrogen (secondary N) is 8. The first-order valence-corrected chi connectivity index (χ1v) is 18.4. The van der Waals surface area contributed by atoms with Crippen molar-refractivity contribution in [1.82, 2.24) is 47.4 Å². The highest BCUT2D eigenvalue weighted by Crippen LogP contribution is 2.19. The molecule has 9 amide bonds. The largest absolute Gasteiger partial charge is 0.480 e. The van der Waals surface area contributed by atoms with Gasteiger partial charge in [0.25, 0.3) is 0 Å². The summed E-state index contributed by atoms with van der Waals surface area (Å²) < 4.78 is 0. The van der Waals surface area contributed by atoms with E-state index in [-0.39, 0.29) is 57.2 Å². The number of rotatable bonds is 24. The van der Waals surface area contributed by atoms with E-state index < -0.39 is 122 Å². The number of carbonyl (C=O) groups is 10. The maximum Gasteiger partial charge on any atom is 0.322 e. The molecule has 0 aliphatic carbocycles. The first-order valence-electron chi connectivity index (χ1n) is 18.4. The van der Waals surface area contributed by atoms with Crippen LogP contribution in [-0.2, 0) is 47.9 Å². The number of carbonyl (C=O) groups excluding carboxylic acids is 9. The predicted octanol–water partition coefficient (Wildman–Crippen LogP) is -7.47. The fourth-order valence-corrected chi connectivity index (χ4v) is 5.40. The average Bonchev–Trinajstić information content (AvgIpc) is 3.55. The lowest BCUT2D eigenvalue weighted by Gasteiger charge is -2.27. The molecular formula is C33H57N13O12. The summed E-state index contributed by atoms with van der Waals surface area (Å²) in [6, 6.07) is -5.78. The van der Waals surface area contributed by atoms with E-state index in [9.17, 15) is 53.1 Å². The van der Waals surface area contributed by atoms with Gasteiger partial charge < -0.3 is 74.8 Å². The fourth-order valence-electron chi connectivity index (χ4n) is 5.40. The highest BCUT2D eigenvalue weighted by atomic mass is 16.4. The van der Waals surface area contributed by atoms with E-state index in [0.29, 0.717) is 0 Å². The van der Waals surface area contributed by atoms with Gasteiger partial charge in [-0.1, -0.05) is 13.8 Å². The molecule has 326 valence electrons. The quantitative estimate of drug-likeness (QED) is 0.0244. The number of aliphatic carboxylic acids is 1. The first kappa shape index (κ1) is 49.9. The molecule has 6 atom stereocenters. The summed E-state index contributed by atoms with van der Waals surface area (Å²) in [5.41, 5.74) is 16.0. The molecule has 0 aromatic carbocycles. The minimum Gasteiger partial charge on any atom is -0.480 e. The monoisotopic (exact) mass is 827 g/mol. The zero-order valence-corrected chi connectivity index (χ0v) is 32.9. The van der Waals surface area contributed by atoms with Crippen molar-refractivity contribution in [2.75, 3.05) is 45.8 Å². The van der Waals surface area contributed by atoms with E-state index in [1.807, 2.05) is 0 Å². The number of likely N-dealkylation sites (tertiary alicyclic amines) is 1. The fraction of sp³-hybridized carbons (Fsp3) is 0.667. The molecule has 25 nitrogen and oxygen atoms in total. The van der Waals surface area contributed by atoms with Crippen molar-refractivity contribution in [3.8, 4) is 0 Å². The predicted molar refractivity (Wildman–Crippen MR) is 203 cm³/mol. The Morgan fingerprint density at radius 3 is 1.90 bits per heavy atom. The summed E-state index contributed by atoms with van der Waals surface area (Å²) in [6.07, 6.45) is -0.895. The van der Waals surface area contributed by atoms with Crippen LogP contribution in [0.25, 0.3) is 0 Å². The van der Waals surface area contributed by atoms with Crippen LogP contribution in [0.2, 0.25) is 0 Å². The molecular weight excluding hydrogens is 770 g/mol. The van der Waals surface area contributed by atoms with E-state index in [0.717, 1.165) is 4.90 Å². The van der Waals surface area contributed by atoms with E-state index in [2.05, 4.69) is 47.5 Å². The third kappa shape index (κ3) is 19.2. The number of nitrogens with zero attached hydrogens (tertiary/aromatic N) is 2. The molecule has 0 spiro atoms. The number of carboxylic acid groups (broad SMARTS) is 1. The van der Waals surface area contributed by atoms with Gasteiger partial charge in [-0.15, -0.1) is 0 Å². The topological polar surface area (TPSA) is 401 Å². The Morgan fingerprint density at radius 1 is 0.707 bits per heavy atom. The standard InChI is InChI=1S/C33H57N13O12/c1-16(2)8-21(44-26(51)13-40-31(57)22-9-19(47)15-46(22)32(58)18(4)43-23(48)10-34)30(56)45-20(6-5-7-37-33(35)36)29(55)39-11-24(49)38-12-25(50)42-17(3)28(54)41-14-27(52)53/h16-22,47H,5-15,34H2,1-4H3,(H,38,49)(H,39,55)(H,40,57)(H,41,54)(H,42,50)(H,43,48)(H,44,51)(H,45,56)(H,52,53)(H4,35,36,37)/t17-,18-,19+,20-,21-,22-/m0/s1. The number of hydrogen-bond donors (Lipinski definition) is 13. The van der Waals surface area contributed by atoms with Gasteiger partial charge in [0.2, 0.25) is 53.2 Å². The summed E-state index contributed by atoms with van der Waals surface area (Å²) >= 11 is 0. The summed E-state index contributed by atoms with van der Waals surface area (Å²) in [6.45, 7) is 3.27. The highest BCUT2D eigenvalue weighted by molar-refractivity contribution is 5.96. The van der Waals surface area contributed by atoms with Crippen molar-refractivity contribution in [1.29, 1.82) is 0 Å². The van der Waals surface area contributed by atoms with Crippen LogP contribution in [0.1, 0.15) is 53.4 Å². The Balaban J connectivity index is 2.89. The maximum absolute atomic E-state index is 13.5. The number of β-amino-alcohol motifs (C(OH)–C–C–N with tert-alkyl or cyclic N) is 1. The smallest absolute Gasteiger partial charge is 0.322 e. The zero-order valence-electron chi connectivity index (χ0n) is 32.9. The molecule has 1 aliphatic heterocycles. The number of aliphatic imine (C=N–C) groups is 1. The second kappa shape index (κ2) is 25.2. The molecule has 0 aromatic rings. The van der Waals surface area contributed by atoms with Crippen molar-refractivity contribution in [2.24, 2.45) is 28.1 Å². The number of guanidine groups is 1. The van der Waals surface area contributed by atoms with Gasteiger partial charge in [-0.05, 0) is 39.0 Å². The van der Waals surface area contributed by atoms with Crippen LogP contribution in [0, 0.1) is 5.92 Å². The number of aliphatic hydroxyl groups excluding tert-OH is 1. The minimum atomic E-state index is -1.28. The minimum absolute atomic E-state index is 0.0183. The molecule has 0 aromatic heterocycles. The van der Waals surface area contributed by atoms with E-state index in [4.69, 9.17) is 22.3 Å². The van der Waals surface area contributed by atoms with E-state index >= 15 is 0 Å². The molecule has 0 saturated carbocycles. The molecule has 58 heavy (non-hydrogen) atoms. The lowest BCUT2D eigenvalue weighted by atomic mass is 10.0. The molecule has 1 aliphatic rings. The van der Waals surface area contributed by atoms with Crippen LogP contribution in [0.4, 0.5) is 0 Å². The first-order chi connectivity index (χ1) is 27.1. The molecule has 1 fully saturated rings. The second-order valence-corrected chi connectivity index (χ2v) is 13.8. The number of amides is 9. The SMILES string of the molecule is CC(C)C[C@H](NC(=O)CNC(=O)[C@@H]1C[C@@H](O)CN1C(=O)[C@H](C)NC(=O)CN)C(=O)N[C@@H](CCCN=C(N)N)C(=O)NCC(=O)NCC(=O)N[C@@H](C)C(=O)NCC(=O)O. The van der Waals surface area contributed by atoms with Gasteiger partial charge in [-0.2, -0.15) is 0 Å². The van der Waals surface area contributed by atoms with Gasteiger partial charge in [0.1, 0.15) is 36.8 Å². The van der Waals surface area contributed by atoms with Gasteiger partial charge in [-0.25, -0.2) is 0 Å². The molecule has 0 bridgehead atoms. The second-order valence-electron chi connectivity index (χ2n) is 13.8. The normalized spacial score (nSPS) is 16.6. The summed E-state index contributed by atoms with van der Waals surface area (Å²) in [5, 5.41) is 37.7. The summed E-state index contributed by atoms with van der Waals surface area (Å²) in [5.74, 6) is -8.39. The van der Waals surface area contributed by atoms with Crippen LogP contribution >= 0.6 is 0 Å². The van der Waals surface area contributed by atoms with Crippen molar-refractivity contribution < 1.29 is 58.2 Å². The molecule has 0 unspecified atom stereocenters. The van der Waals surface area contributed by atoms with Gasteiger partial charge in [0.15, 0.2) is 5.96 Å². The van der Waals surface area contributed by atoms with Gasteiger partial charge in [0.05, 0.1) is 32.3 Å². The van der Waals surface area contributed by atoms with Crippen LogP contribution < -0.4 is 59.7 Å². The van der Waals surface area contributed by atoms with Gasteiger partial charge in [0, 0.05) is 19.5 Å². The maximum atomic E-state index is 13.5. The summed E-state index contributed by atoms with van der Waals surface area (Å²) in [7, 11) is 0. The van der Waals surface area contributed by atoms with E-state index in [1.165, 1.54) is 13.8 Å². The summed E-state index contributed by atoms with van der Waals surface area (Å²) in [4.78, 5) is 129. The highest BCUT2D eigenvalue weighted by Gasteiger charge is 2.40. The van der Waals surface area contributed by atoms with Crippen molar-refractivity contribution in [3.63, 3.8) is 0 Å². The molecule has 1 saturated heterocycles. The molecule has 1 rings (SSSR count). The van der Waals surface area contributed by atoms with Crippen LogP contribution in [0.3, 0.4) is 0 Å². The number of nitrogens with two attached hydrogens (primary N) is 3. The van der Waals surface area contributed by atoms with Crippen LogP contribution in [-0.4, -0.2) is 162 Å². The number of aliphatic hydroxyl groups is 1. The Morgan fingerprint density at radius 2 is 1.29 bits per heavy atom. The van der Waals surface area contributed by atoms with Gasteiger partial charge in [-0.3, -0.25) is 52.9 Å². The van der Waals surface area contributed by atoms with Crippen LogP contribution in [0.5, 0.6) is 0 Å². The lowest BCUT2D eigenvalue weighted by Crippen LogP contribution is -2.56. The van der Waals surface area contributed by atoms with Crippen LogP contribution in [0.15, 0.2) is 4.99 Å². The molecule has 0 radical (unpaired) electrons. The number of hydrogen-bond acceptors (Lipinski definition) is 13. The van der Waals surface area contributed by atoms with Crippen molar-refractivity contribution in [3.05, 3.63) is 0 Å². The van der Waals surface area contributed by atoms with Crippen molar-refractivity contribution >= 4 is 65.1 Å². The molecule has 16 N–H and O–H groups in total. The van der Waals surface area contributed by atoms with Crippen molar-refractivity contribution in [2.45, 2.75) is 89.7 Å². The Hall–Kier alpha value is -6.11. The third-order valence-electron chi connectivity index (χ3n) is 8.21. The Kier molecular flexibility index (Phi) is 21.7.